The fourth-order valence-electron chi connectivity index (χ4n) is 1.53. The number of nitrogens with zero attached hydrogens (tertiary/aromatic N) is 2. The average molecular weight is 233 g/mol. The zero-order valence-corrected chi connectivity index (χ0v) is 8.17. The minimum absolute atomic E-state index is 0.515. The summed E-state index contributed by atoms with van der Waals surface area (Å²) in [6.45, 7) is 0.902. The lowest BCUT2D eigenvalue weighted by Crippen LogP contribution is -2.28. The van der Waals surface area contributed by atoms with E-state index in [2.05, 4.69) is 20.9 Å². The fraction of sp³-hybridized carbons (Fsp3) is 0.625. The minimum atomic E-state index is -0.554. The van der Waals surface area contributed by atoms with E-state index in [0.717, 1.165) is 24.0 Å². The first kappa shape index (κ1) is 8.23. The van der Waals surface area contributed by atoms with E-state index in [-0.39, 0.29) is 0 Å². The first-order valence-corrected chi connectivity index (χ1v) is 4.84. The molecule has 1 fully saturated rings. The summed E-state index contributed by atoms with van der Waals surface area (Å²) >= 11 is 3.27. The molecule has 2 rings (SSSR count). The van der Waals surface area contributed by atoms with E-state index in [1.807, 2.05) is 10.8 Å². The van der Waals surface area contributed by atoms with Crippen LogP contribution in [0.1, 0.15) is 12.8 Å². The van der Waals surface area contributed by atoms with E-state index in [4.69, 9.17) is 0 Å². The molecule has 0 amide bonds. The minimum Gasteiger partial charge on any atom is -0.336 e. The second-order valence-corrected chi connectivity index (χ2v) is 4.14. The Bertz CT molecular complexity index is 268. The molecule has 2 nitrogen and oxygen atoms in total. The monoisotopic (exact) mass is 232 g/mol. The number of aromatic nitrogens is 2. The van der Waals surface area contributed by atoms with Crippen LogP contribution in [0.25, 0.3) is 0 Å². The molecule has 1 aliphatic carbocycles. The summed E-state index contributed by atoms with van der Waals surface area (Å²) in [7, 11) is 0. The van der Waals surface area contributed by atoms with Gasteiger partial charge in [0.1, 0.15) is 10.8 Å². The van der Waals surface area contributed by atoms with Crippen LogP contribution in [0.4, 0.5) is 4.39 Å². The highest BCUT2D eigenvalue weighted by molar-refractivity contribution is 9.10. The molecule has 0 spiro atoms. The number of imidazole rings is 1. The Balaban J connectivity index is 1.88. The summed E-state index contributed by atoms with van der Waals surface area (Å²) in [5.74, 6) is 0.515. The van der Waals surface area contributed by atoms with Crippen LogP contribution < -0.4 is 0 Å². The van der Waals surface area contributed by atoms with Crippen LogP contribution in [0, 0.1) is 5.92 Å². The standard InChI is InChI=1S/C8H10BrFN2/c9-8-4-12(5-11-8)3-6-1-7(10)2-6/h4-7H,1-3H2. The van der Waals surface area contributed by atoms with Gasteiger partial charge >= 0.3 is 0 Å². The molecule has 1 heterocycles. The first-order valence-electron chi connectivity index (χ1n) is 4.05. The van der Waals surface area contributed by atoms with Crippen molar-refractivity contribution in [3.8, 4) is 0 Å². The van der Waals surface area contributed by atoms with Crippen LogP contribution in [0.3, 0.4) is 0 Å². The Morgan fingerprint density at radius 1 is 1.67 bits per heavy atom. The highest BCUT2D eigenvalue weighted by Gasteiger charge is 2.28. The van der Waals surface area contributed by atoms with Crippen molar-refractivity contribution in [2.24, 2.45) is 5.92 Å². The van der Waals surface area contributed by atoms with Gasteiger partial charge in [0.2, 0.25) is 0 Å². The summed E-state index contributed by atoms with van der Waals surface area (Å²) in [6.07, 6.45) is 4.58. The molecule has 0 aromatic carbocycles. The van der Waals surface area contributed by atoms with Crippen LogP contribution >= 0.6 is 15.9 Å². The third kappa shape index (κ3) is 1.68. The van der Waals surface area contributed by atoms with Gasteiger partial charge in [0, 0.05) is 12.7 Å². The smallest absolute Gasteiger partial charge is 0.124 e. The Morgan fingerprint density at radius 2 is 2.42 bits per heavy atom. The van der Waals surface area contributed by atoms with Gasteiger partial charge in [-0.05, 0) is 34.7 Å². The molecule has 0 N–H and O–H groups in total. The van der Waals surface area contributed by atoms with Gasteiger partial charge in [-0.2, -0.15) is 0 Å². The van der Waals surface area contributed by atoms with E-state index >= 15 is 0 Å². The van der Waals surface area contributed by atoms with Crippen LogP contribution in [-0.4, -0.2) is 15.7 Å². The Labute approximate surface area is 78.9 Å². The topological polar surface area (TPSA) is 17.8 Å². The van der Waals surface area contributed by atoms with Crippen LogP contribution in [-0.2, 0) is 6.54 Å². The van der Waals surface area contributed by atoms with Crippen LogP contribution in [0.15, 0.2) is 17.1 Å². The van der Waals surface area contributed by atoms with Gasteiger partial charge in [0.05, 0.1) is 6.33 Å². The number of alkyl halides is 1. The van der Waals surface area contributed by atoms with Crippen LogP contribution in [0.5, 0.6) is 0 Å². The van der Waals surface area contributed by atoms with Crippen molar-refractivity contribution in [2.45, 2.75) is 25.6 Å². The zero-order valence-electron chi connectivity index (χ0n) is 6.58. The van der Waals surface area contributed by atoms with Crippen molar-refractivity contribution in [3.63, 3.8) is 0 Å². The van der Waals surface area contributed by atoms with Gasteiger partial charge in [-0.25, -0.2) is 9.37 Å². The number of rotatable bonds is 2. The summed E-state index contributed by atoms with van der Waals surface area (Å²) in [5, 5.41) is 0. The molecular formula is C8H10BrFN2. The highest BCUT2D eigenvalue weighted by atomic mass is 79.9. The molecule has 0 atom stereocenters. The largest absolute Gasteiger partial charge is 0.336 e. The zero-order chi connectivity index (χ0) is 8.55. The van der Waals surface area contributed by atoms with Crippen molar-refractivity contribution in [1.29, 1.82) is 0 Å². The fourth-order valence-corrected chi connectivity index (χ4v) is 1.89. The maximum absolute atomic E-state index is 12.4. The lowest BCUT2D eigenvalue weighted by atomic mass is 9.83. The molecule has 4 heteroatoms. The summed E-state index contributed by atoms with van der Waals surface area (Å²) < 4.78 is 15.3. The third-order valence-electron chi connectivity index (χ3n) is 2.25. The van der Waals surface area contributed by atoms with E-state index < -0.39 is 6.17 Å². The number of hydrogen-bond acceptors (Lipinski definition) is 1. The van der Waals surface area contributed by atoms with Gasteiger partial charge in [-0.15, -0.1) is 0 Å². The summed E-state index contributed by atoms with van der Waals surface area (Å²) in [6, 6.07) is 0. The van der Waals surface area contributed by atoms with Crippen molar-refractivity contribution >= 4 is 15.9 Å². The normalized spacial score (nSPS) is 28.5. The molecule has 1 aromatic rings. The average Bonchev–Trinajstić information content (AvgIpc) is 2.33. The maximum Gasteiger partial charge on any atom is 0.124 e. The quantitative estimate of drug-likeness (QED) is 0.766. The van der Waals surface area contributed by atoms with Gasteiger partial charge in [0.25, 0.3) is 0 Å². The molecule has 0 aliphatic heterocycles. The third-order valence-corrected chi connectivity index (χ3v) is 2.66. The molecule has 0 unspecified atom stereocenters. The Morgan fingerprint density at radius 3 is 2.92 bits per heavy atom. The lowest BCUT2D eigenvalue weighted by Gasteiger charge is -2.29. The molecule has 66 valence electrons. The van der Waals surface area contributed by atoms with E-state index in [1.165, 1.54) is 0 Å². The highest BCUT2D eigenvalue weighted by Crippen LogP contribution is 2.31. The molecule has 0 radical (unpaired) electrons. The molecular weight excluding hydrogens is 223 g/mol. The molecule has 1 aromatic heterocycles. The van der Waals surface area contributed by atoms with E-state index in [9.17, 15) is 4.39 Å². The SMILES string of the molecule is FC1CC(Cn2cnc(Br)c2)C1. The van der Waals surface area contributed by atoms with Crippen molar-refractivity contribution in [1.82, 2.24) is 9.55 Å². The molecule has 0 bridgehead atoms. The summed E-state index contributed by atoms with van der Waals surface area (Å²) in [5.41, 5.74) is 0. The Hall–Kier alpha value is -0.380. The van der Waals surface area contributed by atoms with Gasteiger partial charge in [0.15, 0.2) is 0 Å². The van der Waals surface area contributed by atoms with E-state index in [0.29, 0.717) is 5.92 Å². The van der Waals surface area contributed by atoms with Gasteiger partial charge in [-0.3, -0.25) is 0 Å². The van der Waals surface area contributed by atoms with Crippen molar-refractivity contribution in [3.05, 3.63) is 17.1 Å². The van der Waals surface area contributed by atoms with Crippen molar-refractivity contribution in [2.75, 3.05) is 0 Å². The van der Waals surface area contributed by atoms with Gasteiger partial charge in [-0.1, -0.05) is 0 Å². The Kier molecular flexibility index (Phi) is 2.17. The molecule has 12 heavy (non-hydrogen) atoms. The second-order valence-electron chi connectivity index (χ2n) is 3.33. The molecule has 1 aliphatic rings. The number of halogens is 2. The predicted molar refractivity (Wildman–Crippen MR) is 47.5 cm³/mol. The molecule has 0 saturated heterocycles. The summed E-state index contributed by atoms with van der Waals surface area (Å²) in [4.78, 5) is 4.03. The van der Waals surface area contributed by atoms with Crippen LogP contribution in [0.2, 0.25) is 0 Å². The second kappa shape index (κ2) is 3.17. The predicted octanol–water partition coefficient (Wildman–Crippen LogP) is 2.39. The number of hydrogen-bond donors (Lipinski definition) is 0. The van der Waals surface area contributed by atoms with Gasteiger partial charge < -0.3 is 4.57 Å². The van der Waals surface area contributed by atoms with Crippen molar-refractivity contribution < 1.29 is 4.39 Å². The molecule has 1 saturated carbocycles. The van der Waals surface area contributed by atoms with E-state index in [1.54, 1.807) is 6.33 Å². The maximum atomic E-state index is 12.4. The lowest BCUT2D eigenvalue weighted by molar-refractivity contribution is 0.117. The first-order chi connectivity index (χ1) is 5.74.